The standard InChI is InChI=1S/C12H16N4OS/c1-3-4-7-16-11(17)6-5-9(15-16)10-8-18-12(13-2)14-10/h5-6,8H,3-4,7H2,1-2H3,(H,13,14). The van der Waals surface area contributed by atoms with E-state index in [1.165, 1.54) is 16.0 Å². The summed E-state index contributed by atoms with van der Waals surface area (Å²) in [4.78, 5) is 16.0. The molecule has 6 heteroatoms. The highest BCUT2D eigenvalue weighted by Crippen LogP contribution is 2.22. The molecule has 0 atom stereocenters. The van der Waals surface area contributed by atoms with E-state index >= 15 is 0 Å². The van der Waals surface area contributed by atoms with E-state index in [0.29, 0.717) is 6.54 Å². The van der Waals surface area contributed by atoms with E-state index in [0.717, 1.165) is 29.4 Å². The molecule has 2 heterocycles. The highest BCUT2D eigenvalue weighted by atomic mass is 32.1. The van der Waals surface area contributed by atoms with Crippen LogP contribution in [0.2, 0.25) is 0 Å². The topological polar surface area (TPSA) is 59.8 Å². The zero-order valence-electron chi connectivity index (χ0n) is 10.5. The van der Waals surface area contributed by atoms with Crippen LogP contribution < -0.4 is 10.9 Å². The Labute approximate surface area is 110 Å². The average molecular weight is 264 g/mol. The summed E-state index contributed by atoms with van der Waals surface area (Å²) in [7, 11) is 1.83. The maximum Gasteiger partial charge on any atom is 0.266 e. The molecule has 0 aliphatic carbocycles. The zero-order valence-corrected chi connectivity index (χ0v) is 11.3. The van der Waals surface area contributed by atoms with E-state index in [-0.39, 0.29) is 5.56 Å². The van der Waals surface area contributed by atoms with Gasteiger partial charge in [0.1, 0.15) is 11.4 Å². The third-order valence-corrected chi connectivity index (χ3v) is 3.43. The molecule has 96 valence electrons. The van der Waals surface area contributed by atoms with Crippen LogP contribution in [0.4, 0.5) is 5.13 Å². The molecule has 0 aliphatic heterocycles. The van der Waals surface area contributed by atoms with Crippen LogP contribution in [0.25, 0.3) is 11.4 Å². The molecule has 0 bridgehead atoms. The van der Waals surface area contributed by atoms with Crippen molar-refractivity contribution in [2.45, 2.75) is 26.3 Å². The molecule has 0 amide bonds. The SMILES string of the molecule is CCCCn1nc(-c2csc(NC)n2)ccc1=O. The van der Waals surface area contributed by atoms with Gasteiger partial charge in [-0.25, -0.2) is 9.67 Å². The molecule has 0 spiro atoms. The van der Waals surface area contributed by atoms with Crippen LogP contribution in [0, 0.1) is 0 Å². The van der Waals surface area contributed by atoms with E-state index < -0.39 is 0 Å². The summed E-state index contributed by atoms with van der Waals surface area (Å²) >= 11 is 1.52. The van der Waals surface area contributed by atoms with Gasteiger partial charge >= 0.3 is 0 Å². The number of anilines is 1. The van der Waals surface area contributed by atoms with Crippen molar-refractivity contribution in [1.29, 1.82) is 0 Å². The van der Waals surface area contributed by atoms with Gasteiger partial charge in [0.25, 0.3) is 5.56 Å². The van der Waals surface area contributed by atoms with Crippen LogP contribution in [-0.4, -0.2) is 21.8 Å². The van der Waals surface area contributed by atoms with Gasteiger partial charge < -0.3 is 5.32 Å². The van der Waals surface area contributed by atoms with Crippen molar-refractivity contribution >= 4 is 16.5 Å². The molecule has 2 aromatic heterocycles. The minimum atomic E-state index is -0.0590. The maximum absolute atomic E-state index is 11.6. The predicted octanol–water partition coefficient (Wildman–Crippen LogP) is 2.21. The van der Waals surface area contributed by atoms with Gasteiger partial charge in [0.05, 0.1) is 0 Å². The van der Waals surface area contributed by atoms with Gasteiger partial charge in [0.15, 0.2) is 5.13 Å². The number of nitrogens with one attached hydrogen (secondary N) is 1. The summed E-state index contributed by atoms with van der Waals surface area (Å²) in [5, 5.41) is 10.1. The fourth-order valence-electron chi connectivity index (χ4n) is 1.56. The van der Waals surface area contributed by atoms with Gasteiger partial charge in [0, 0.05) is 25.0 Å². The maximum atomic E-state index is 11.6. The van der Waals surface area contributed by atoms with Crippen LogP contribution in [0.3, 0.4) is 0 Å². The minimum Gasteiger partial charge on any atom is -0.365 e. The Kier molecular flexibility index (Phi) is 4.09. The molecule has 0 aromatic carbocycles. The first-order valence-electron chi connectivity index (χ1n) is 5.96. The highest BCUT2D eigenvalue weighted by molar-refractivity contribution is 7.14. The fraction of sp³-hybridized carbons (Fsp3) is 0.417. The summed E-state index contributed by atoms with van der Waals surface area (Å²) in [6.07, 6.45) is 1.99. The summed E-state index contributed by atoms with van der Waals surface area (Å²) in [5.74, 6) is 0. The van der Waals surface area contributed by atoms with Crippen molar-refractivity contribution in [2.75, 3.05) is 12.4 Å². The second-order valence-electron chi connectivity index (χ2n) is 3.92. The summed E-state index contributed by atoms with van der Waals surface area (Å²) < 4.78 is 1.51. The number of thiazole rings is 1. The molecule has 0 unspecified atom stereocenters. The highest BCUT2D eigenvalue weighted by Gasteiger charge is 2.07. The Morgan fingerprint density at radius 2 is 2.22 bits per heavy atom. The first kappa shape index (κ1) is 12.8. The molecular formula is C12H16N4OS. The molecule has 0 fully saturated rings. The van der Waals surface area contributed by atoms with E-state index in [1.807, 2.05) is 12.4 Å². The van der Waals surface area contributed by atoms with Crippen LogP contribution in [0.1, 0.15) is 19.8 Å². The van der Waals surface area contributed by atoms with Crippen molar-refractivity contribution in [3.63, 3.8) is 0 Å². The van der Waals surface area contributed by atoms with Crippen molar-refractivity contribution in [3.05, 3.63) is 27.9 Å². The number of unbranched alkanes of at least 4 members (excludes halogenated alkanes) is 1. The van der Waals surface area contributed by atoms with Crippen molar-refractivity contribution in [1.82, 2.24) is 14.8 Å². The van der Waals surface area contributed by atoms with Crippen LogP contribution in [-0.2, 0) is 6.54 Å². The van der Waals surface area contributed by atoms with E-state index in [2.05, 4.69) is 22.3 Å². The van der Waals surface area contributed by atoms with Gasteiger partial charge in [-0.2, -0.15) is 5.10 Å². The van der Waals surface area contributed by atoms with Crippen molar-refractivity contribution in [2.24, 2.45) is 0 Å². The summed E-state index contributed by atoms with van der Waals surface area (Å²) in [5.41, 5.74) is 1.48. The molecule has 0 saturated carbocycles. The molecule has 18 heavy (non-hydrogen) atoms. The van der Waals surface area contributed by atoms with E-state index in [1.54, 1.807) is 12.1 Å². The monoisotopic (exact) mass is 264 g/mol. The van der Waals surface area contributed by atoms with Gasteiger partial charge in [-0.1, -0.05) is 13.3 Å². The molecule has 2 rings (SSSR count). The fourth-order valence-corrected chi connectivity index (χ4v) is 2.23. The van der Waals surface area contributed by atoms with Crippen LogP contribution in [0.5, 0.6) is 0 Å². The lowest BCUT2D eigenvalue weighted by Gasteiger charge is -2.04. The average Bonchev–Trinajstić information content (AvgIpc) is 2.86. The quantitative estimate of drug-likeness (QED) is 0.899. The van der Waals surface area contributed by atoms with E-state index in [9.17, 15) is 4.79 Å². The third kappa shape index (κ3) is 2.76. The van der Waals surface area contributed by atoms with Crippen molar-refractivity contribution < 1.29 is 0 Å². The number of hydrogen-bond acceptors (Lipinski definition) is 5. The van der Waals surface area contributed by atoms with Gasteiger partial charge in [-0.15, -0.1) is 11.3 Å². The second kappa shape index (κ2) is 5.77. The number of aryl methyl sites for hydroxylation is 1. The Balaban J connectivity index is 2.31. The molecule has 5 nitrogen and oxygen atoms in total. The van der Waals surface area contributed by atoms with Gasteiger partial charge in [-0.05, 0) is 12.5 Å². The Morgan fingerprint density at radius 3 is 2.89 bits per heavy atom. The number of hydrogen-bond donors (Lipinski definition) is 1. The van der Waals surface area contributed by atoms with Crippen LogP contribution >= 0.6 is 11.3 Å². The Hall–Kier alpha value is -1.69. The Morgan fingerprint density at radius 1 is 1.39 bits per heavy atom. The predicted molar refractivity (Wildman–Crippen MR) is 74.1 cm³/mol. The second-order valence-corrected chi connectivity index (χ2v) is 4.78. The van der Waals surface area contributed by atoms with Crippen molar-refractivity contribution in [3.8, 4) is 11.4 Å². The van der Waals surface area contributed by atoms with E-state index in [4.69, 9.17) is 0 Å². The molecule has 2 aromatic rings. The first-order chi connectivity index (χ1) is 8.74. The molecular weight excluding hydrogens is 248 g/mol. The minimum absolute atomic E-state index is 0.0590. The summed E-state index contributed by atoms with van der Waals surface area (Å²) in [6.45, 7) is 2.75. The number of rotatable bonds is 5. The first-order valence-corrected chi connectivity index (χ1v) is 6.84. The molecule has 1 N–H and O–H groups in total. The lowest BCUT2D eigenvalue weighted by atomic mass is 10.3. The normalized spacial score (nSPS) is 10.6. The van der Waals surface area contributed by atoms with Crippen LogP contribution in [0.15, 0.2) is 22.3 Å². The molecule has 0 radical (unpaired) electrons. The third-order valence-electron chi connectivity index (χ3n) is 2.57. The molecule has 0 saturated heterocycles. The Bertz CT molecular complexity index is 575. The number of nitrogens with zero attached hydrogens (tertiary/aromatic N) is 3. The lowest BCUT2D eigenvalue weighted by Crippen LogP contribution is -2.22. The smallest absolute Gasteiger partial charge is 0.266 e. The zero-order chi connectivity index (χ0) is 13.0. The largest absolute Gasteiger partial charge is 0.365 e. The van der Waals surface area contributed by atoms with Gasteiger partial charge in [0.2, 0.25) is 0 Å². The summed E-state index contributed by atoms with van der Waals surface area (Å²) in [6, 6.07) is 3.27. The molecule has 0 aliphatic rings. The number of aromatic nitrogens is 3. The van der Waals surface area contributed by atoms with Gasteiger partial charge in [-0.3, -0.25) is 4.79 Å². The lowest BCUT2D eigenvalue weighted by molar-refractivity contribution is 0.545.